The van der Waals surface area contributed by atoms with E-state index in [4.69, 9.17) is 20.6 Å². The maximum absolute atomic E-state index is 12.4. The molecule has 0 aromatic heterocycles. The molecule has 9 heteroatoms. The van der Waals surface area contributed by atoms with Gasteiger partial charge in [0.15, 0.2) is 0 Å². The monoisotopic (exact) mass is 355 g/mol. The highest BCUT2D eigenvalue weighted by Crippen LogP contribution is 2.48. The van der Waals surface area contributed by atoms with Crippen molar-refractivity contribution in [1.82, 2.24) is 4.31 Å². The first-order valence-electron chi connectivity index (χ1n) is 6.35. The Morgan fingerprint density at radius 1 is 1.14 bits per heavy atom. The zero-order valence-electron chi connectivity index (χ0n) is 12.2. The van der Waals surface area contributed by atoms with Gasteiger partial charge in [-0.2, -0.15) is 4.31 Å². The summed E-state index contributed by atoms with van der Waals surface area (Å²) in [6.07, 6.45) is -0.348. The third-order valence-corrected chi connectivity index (χ3v) is 6.88. The van der Waals surface area contributed by atoms with Gasteiger partial charge in [-0.1, -0.05) is 11.6 Å². The summed E-state index contributed by atoms with van der Waals surface area (Å²) in [4.78, 5) is 0.0638. The second kappa shape index (κ2) is 7.72. The third-order valence-electron chi connectivity index (χ3n) is 2.55. The van der Waals surface area contributed by atoms with Crippen molar-refractivity contribution in [2.45, 2.75) is 18.7 Å². The van der Waals surface area contributed by atoms with Gasteiger partial charge in [-0.15, -0.1) is 0 Å². The predicted octanol–water partition coefficient (Wildman–Crippen LogP) is 3.18. The molecule has 1 rings (SSSR count). The highest BCUT2D eigenvalue weighted by molar-refractivity contribution is 7.89. The standard InChI is InChI=1S/C12H19ClNO5PS/c1-4-18-20(15,19-5-2)10-14(3)21(16,17)12-8-6-11(13)7-9-12/h6-9H,4-5,10H2,1-3H3. The molecule has 0 aliphatic carbocycles. The molecule has 120 valence electrons. The fraction of sp³-hybridized carbons (Fsp3) is 0.500. The van der Waals surface area contributed by atoms with Crippen molar-refractivity contribution in [2.75, 3.05) is 26.5 Å². The molecule has 1 aromatic carbocycles. The van der Waals surface area contributed by atoms with Crippen molar-refractivity contribution in [3.05, 3.63) is 29.3 Å². The summed E-state index contributed by atoms with van der Waals surface area (Å²) in [5, 5.41) is 0.436. The van der Waals surface area contributed by atoms with E-state index < -0.39 is 17.6 Å². The van der Waals surface area contributed by atoms with E-state index in [2.05, 4.69) is 0 Å². The molecule has 1 aromatic rings. The van der Waals surface area contributed by atoms with Crippen LogP contribution < -0.4 is 0 Å². The maximum atomic E-state index is 12.4. The minimum atomic E-state index is -3.78. The van der Waals surface area contributed by atoms with E-state index in [0.717, 1.165) is 4.31 Å². The summed E-state index contributed by atoms with van der Waals surface area (Å²) >= 11 is 5.74. The zero-order chi connectivity index (χ0) is 16.1. The molecule has 6 nitrogen and oxygen atoms in total. The van der Waals surface area contributed by atoms with Crippen LogP contribution in [0.15, 0.2) is 29.2 Å². The molecular formula is C12H19ClNO5PS. The van der Waals surface area contributed by atoms with Gasteiger partial charge in [0.25, 0.3) is 0 Å². The van der Waals surface area contributed by atoms with E-state index >= 15 is 0 Å². The van der Waals surface area contributed by atoms with Crippen molar-refractivity contribution >= 4 is 29.2 Å². The molecule has 0 heterocycles. The van der Waals surface area contributed by atoms with E-state index in [9.17, 15) is 13.0 Å². The summed E-state index contributed by atoms with van der Waals surface area (Å²) in [6, 6.07) is 5.74. The van der Waals surface area contributed by atoms with Gasteiger partial charge in [0.1, 0.15) is 6.29 Å². The SMILES string of the molecule is CCOP(=O)(CN(C)S(=O)(=O)c1ccc(Cl)cc1)OCC. The Hall–Kier alpha value is -0.430. The molecule has 0 aliphatic rings. The molecule has 0 saturated carbocycles. The molecule has 0 spiro atoms. The number of rotatable bonds is 8. The highest BCUT2D eigenvalue weighted by atomic mass is 35.5. The maximum Gasteiger partial charge on any atom is 0.345 e. The summed E-state index contributed by atoms with van der Waals surface area (Å²) in [7, 11) is -5.94. The van der Waals surface area contributed by atoms with Crippen LogP contribution in [0.5, 0.6) is 0 Å². The molecule has 0 amide bonds. The number of hydrogen-bond acceptors (Lipinski definition) is 5. The van der Waals surface area contributed by atoms with Crippen molar-refractivity contribution in [3.63, 3.8) is 0 Å². The Kier molecular flexibility index (Phi) is 6.84. The molecule has 0 N–H and O–H groups in total. The second-order valence-corrected chi connectivity index (χ2v) is 8.65. The van der Waals surface area contributed by atoms with Gasteiger partial charge in [0, 0.05) is 12.1 Å². The lowest BCUT2D eigenvalue weighted by molar-refractivity contribution is 0.213. The lowest BCUT2D eigenvalue weighted by Crippen LogP contribution is -2.28. The van der Waals surface area contributed by atoms with E-state index in [1.165, 1.54) is 31.3 Å². The van der Waals surface area contributed by atoms with Gasteiger partial charge in [-0.25, -0.2) is 8.42 Å². The number of hydrogen-bond donors (Lipinski definition) is 0. The Morgan fingerprint density at radius 3 is 2.05 bits per heavy atom. The topological polar surface area (TPSA) is 72.9 Å². The van der Waals surface area contributed by atoms with Crippen molar-refractivity contribution in [2.24, 2.45) is 0 Å². The van der Waals surface area contributed by atoms with E-state index in [0.29, 0.717) is 5.02 Å². The molecule has 0 unspecified atom stereocenters. The molecule has 0 aliphatic heterocycles. The average Bonchev–Trinajstić information content (AvgIpc) is 2.39. The van der Waals surface area contributed by atoms with E-state index in [-0.39, 0.29) is 24.4 Å². The molecule has 0 atom stereocenters. The van der Waals surface area contributed by atoms with Crippen LogP contribution >= 0.6 is 19.2 Å². The van der Waals surface area contributed by atoms with Gasteiger partial charge in [-0.05, 0) is 38.1 Å². The van der Waals surface area contributed by atoms with Crippen molar-refractivity contribution < 1.29 is 22.0 Å². The van der Waals surface area contributed by atoms with Crippen molar-refractivity contribution in [3.8, 4) is 0 Å². The van der Waals surface area contributed by atoms with Crippen LogP contribution in [0.25, 0.3) is 0 Å². The van der Waals surface area contributed by atoms with Crippen LogP contribution in [-0.4, -0.2) is 39.3 Å². The normalized spacial score (nSPS) is 12.8. The molecule has 0 radical (unpaired) electrons. The van der Waals surface area contributed by atoms with Gasteiger partial charge in [0.2, 0.25) is 10.0 Å². The van der Waals surface area contributed by atoms with Crippen LogP contribution in [0.1, 0.15) is 13.8 Å². The summed E-state index contributed by atoms with van der Waals surface area (Å²) < 4.78 is 48.3. The lowest BCUT2D eigenvalue weighted by atomic mass is 10.4. The Balaban J connectivity index is 2.97. The Morgan fingerprint density at radius 2 is 1.62 bits per heavy atom. The lowest BCUT2D eigenvalue weighted by Gasteiger charge is -2.23. The van der Waals surface area contributed by atoms with Gasteiger partial charge in [0.05, 0.1) is 18.1 Å². The smallest absolute Gasteiger partial charge is 0.308 e. The largest absolute Gasteiger partial charge is 0.345 e. The van der Waals surface area contributed by atoms with E-state index in [1.807, 2.05) is 0 Å². The molecule has 0 fully saturated rings. The fourth-order valence-electron chi connectivity index (χ4n) is 1.62. The van der Waals surface area contributed by atoms with Crippen LogP contribution in [-0.2, 0) is 23.6 Å². The molecule has 0 bridgehead atoms. The van der Waals surface area contributed by atoms with E-state index in [1.54, 1.807) is 13.8 Å². The van der Waals surface area contributed by atoms with Crippen LogP contribution in [0.2, 0.25) is 5.02 Å². The van der Waals surface area contributed by atoms with Crippen LogP contribution in [0.4, 0.5) is 0 Å². The number of halogens is 1. The summed E-state index contributed by atoms with van der Waals surface area (Å²) in [5.41, 5.74) is 0. The minimum Gasteiger partial charge on any atom is -0.308 e. The molecular weight excluding hydrogens is 337 g/mol. The van der Waals surface area contributed by atoms with Crippen molar-refractivity contribution in [1.29, 1.82) is 0 Å². The van der Waals surface area contributed by atoms with Crippen LogP contribution in [0, 0.1) is 0 Å². The average molecular weight is 356 g/mol. The van der Waals surface area contributed by atoms with Gasteiger partial charge >= 0.3 is 7.60 Å². The van der Waals surface area contributed by atoms with Gasteiger partial charge in [-0.3, -0.25) is 4.57 Å². The van der Waals surface area contributed by atoms with Crippen LogP contribution in [0.3, 0.4) is 0 Å². The number of sulfonamides is 1. The first kappa shape index (κ1) is 18.6. The quantitative estimate of drug-likeness (QED) is 0.669. The minimum absolute atomic E-state index is 0.0638. The summed E-state index contributed by atoms with van der Waals surface area (Å²) in [5.74, 6) is 0. The first-order valence-corrected chi connectivity index (χ1v) is 9.90. The number of benzene rings is 1. The molecule has 0 saturated heterocycles. The van der Waals surface area contributed by atoms with Gasteiger partial charge < -0.3 is 9.05 Å². The third kappa shape index (κ3) is 5.06. The Labute approximate surface area is 130 Å². The predicted molar refractivity (Wildman–Crippen MR) is 82.1 cm³/mol. The first-order chi connectivity index (χ1) is 9.75. The number of nitrogens with zero attached hydrogens (tertiary/aromatic N) is 1. The zero-order valence-corrected chi connectivity index (χ0v) is 14.6. The Bertz CT molecular complexity index is 595. The second-order valence-electron chi connectivity index (χ2n) is 4.14. The fourth-order valence-corrected chi connectivity index (χ4v) is 5.13. The highest BCUT2D eigenvalue weighted by Gasteiger charge is 2.31. The summed E-state index contributed by atoms with van der Waals surface area (Å²) in [6.45, 7) is 3.68. The molecule has 21 heavy (non-hydrogen) atoms.